The number of nitrogens with zero attached hydrogens (tertiary/aromatic N) is 3. The normalized spacial score (nSPS) is 16.0. The van der Waals surface area contributed by atoms with Crippen LogP contribution in [0.3, 0.4) is 0 Å². The van der Waals surface area contributed by atoms with E-state index in [0.29, 0.717) is 29.6 Å². The molecule has 1 aliphatic carbocycles. The molecule has 2 aromatic heterocycles. The van der Waals surface area contributed by atoms with Gasteiger partial charge in [0.05, 0.1) is 10.5 Å². The van der Waals surface area contributed by atoms with E-state index in [9.17, 15) is 23.3 Å². The smallest absolute Gasteiger partial charge is 0.251 e. The Bertz CT molecular complexity index is 1190. The Morgan fingerprint density at radius 2 is 2.06 bits per heavy atom. The number of fused-ring (bicyclic) bond motifs is 1. The molecule has 0 bridgehead atoms. The van der Waals surface area contributed by atoms with Crippen LogP contribution >= 0.6 is 11.3 Å². The number of carbonyl (C=O) groups is 1. The van der Waals surface area contributed by atoms with Gasteiger partial charge in [0.25, 0.3) is 5.56 Å². The highest BCUT2D eigenvalue weighted by atomic mass is 32.2. The number of rotatable bonds is 7. The molecular formula is C21H26N4O4S2. The zero-order valence-electron chi connectivity index (χ0n) is 17.8. The van der Waals surface area contributed by atoms with Crippen molar-refractivity contribution in [3.63, 3.8) is 0 Å². The van der Waals surface area contributed by atoms with Crippen molar-refractivity contribution in [2.45, 2.75) is 51.5 Å². The predicted molar refractivity (Wildman–Crippen MR) is 120 cm³/mol. The summed E-state index contributed by atoms with van der Waals surface area (Å²) in [7, 11) is -3.75. The molecule has 1 N–H and O–H groups in total. The molecule has 8 nitrogen and oxygen atoms in total. The third-order valence-corrected chi connectivity index (χ3v) is 8.69. The zero-order valence-corrected chi connectivity index (χ0v) is 19.5. The second-order valence-corrected chi connectivity index (χ2v) is 10.7. The average molecular weight is 463 g/mol. The zero-order chi connectivity index (χ0) is 22.8. The van der Waals surface area contributed by atoms with Gasteiger partial charge in [0.15, 0.2) is 0 Å². The van der Waals surface area contributed by atoms with Crippen LogP contribution in [0.15, 0.2) is 28.0 Å². The first-order chi connectivity index (χ1) is 14.7. The average Bonchev–Trinajstić information content (AvgIpc) is 3.05. The molecule has 0 aromatic carbocycles. The Labute approximate surface area is 186 Å². The third-order valence-electron chi connectivity index (χ3n) is 5.49. The number of nitrogens with one attached hydrogen (secondary N) is 1. The molecule has 0 aliphatic heterocycles. The minimum Gasteiger partial charge on any atom is -0.315 e. The lowest BCUT2D eigenvalue weighted by atomic mass is 9.89. The van der Waals surface area contributed by atoms with Crippen molar-refractivity contribution in [1.82, 2.24) is 8.87 Å². The highest BCUT2D eigenvalue weighted by Gasteiger charge is 2.25. The van der Waals surface area contributed by atoms with E-state index in [0.717, 1.165) is 40.3 Å². The Hall–Kier alpha value is -2.48. The fourth-order valence-corrected chi connectivity index (χ4v) is 6.63. The minimum atomic E-state index is -3.75. The molecular weight excluding hydrogens is 436 g/mol. The number of sulfonamides is 1. The van der Waals surface area contributed by atoms with E-state index in [1.165, 1.54) is 27.9 Å². The second-order valence-electron chi connectivity index (χ2n) is 7.64. The van der Waals surface area contributed by atoms with Crippen LogP contribution in [0.25, 0.3) is 0 Å². The van der Waals surface area contributed by atoms with Crippen molar-refractivity contribution in [3.8, 4) is 6.07 Å². The van der Waals surface area contributed by atoms with Crippen LogP contribution in [0.4, 0.5) is 5.00 Å². The summed E-state index contributed by atoms with van der Waals surface area (Å²) in [6, 6.07) is 4.60. The lowest BCUT2D eigenvalue weighted by molar-refractivity contribution is -0.116. The van der Waals surface area contributed by atoms with Crippen molar-refractivity contribution >= 4 is 32.3 Å². The van der Waals surface area contributed by atoms with Crippen LogP contribution in [-0.2, 0) is 34.2 Å². The van der Waals surface area contributed by atoms with Gasteiger partial charge in [-0.3, -0.25) is 9.59 Å². The van der Waals surface area contributed by atoms with Crippen molar-refractivity contribution < 1.29 is 13.2 Å². The largest absolute Gasteiger partial charge is 0.315 e. The Morgan fingerprint density at radius 1 is 1.35 bits per heavy atom. The van der Waals surface area contributed by atoms with Gasteiger partial charge in [0.1, 0.15) is 17.6 Å². The number of nitriles is 1. The Balaban J connectivity index is 1.84. The SMILES string of the molecule is CCN(CC)S(=O)(=O)c1ccc(=O)n(CC(=O)Nc2sc3c(c2C#N)CC[C@H](C)C3)c1. The number of carbonyl (C=O) groups excluding carboxylic acids is 1. The molecule has 2 aromatic rings. The summed E-state index contributed by atoms with van der Waals surface area (Å²) in [6.07, 6.45) is 3.91. The minimum absolute atomic E-state index is 0.0399. The maximum absolute atomic E-state index is 12.7. The van der Waals surface area contributed by atoms with E-state index in [1.54, 1.807) is 13.8 Å². The summed E-state index contributed by atoms with van der Waals surface area (Å²) in [6.45, 7) is 5.90. The van der Waals surface area contributed by atoms with Gasteiger partial charge in [-0.25, -0.2) is 8.42 Å². The quantitative estimate of drug-likeness (QED) is 0.680. The van der Waals surface area contributed by atoms with E-state index in [4.69, 9.17) is 0 Å². The number of amides is 1. The lowest BCUT2D eigenvalue weighted by Gasteiger charge is -2.19. The van der Waals surface area contributed by atoms with E-state index in [2.05, 4.69) is 18.3 Å². The van der Waals surface area contributed by atoms with Gasteiger partial charge >= 0.3 is 0 Å². The number of hydrogen-bond donors (Lipinski definition) is 1. The molecule has 0 unspecified atom stereocenters. The number of aromatic nitrogens is 1. The molecule has 166 valence electrons. The van der Waals surface area contributed by atoms with Crippen molar-refractivity contribution in [2.24, 2.45) is 5.92 Å². The number of hydrogen-bond acceptors (Lipinski definition) is 6. The maximum atomic E-state index is 12.7. The van der Waals surface area contributed by atoms with Crippen LogP contribution in [0.5, 0.6) is 0 Å². The molecule has 1 aliphatic rings. The van der Waals surface area contributed by atoms with Crippen LogP contribution in [0.1, 0.15) is 43.2 Å². The molecule has 31 heavy (non-hydrogen) atoms. The summed E-state index contributed by atoms with van der Waals surface area (Å²) in [5, 5.41) is 12.8. The molecule has 1 atom stereocenters. The van der Waals surface area contributed by atoms with Crippen molar-refractivity contribution in [1.29, 1.82) is 5.26 Å². The topological polar surface area (TPSA) is 112 Å². The molecule has 0 fully saturated rings. The van der Waals surface area contributed by atoms with Gasteiger partial charge in [-0.1, -0.05) is 20.8 Å². The molecule has 0 saturated heterocycles. The van der Waals surface area contributed by atoms with Crippen LogP contribution < -0.4 is 10.9 Å². The van der Waals surface area contributed by atoms with Crippen LogP contribution in [0.2, 0.25) is 0 Å². The predicted octanol–water partition coefficient (Wildman–Crippen LogP) is 2.58. The third kappa shape index (κ3) is 4.74. The van der Waals surface area contributed by atoms with E-state index in [1.807, 2.05) is 0 Å². The van der Waals surface area contributed by atoms with Crippen molar-refractivity contribution in [3.05, 3.63) is 44.7 Å². The molecule has 0 saturated carbocycles. The lowest BCUT2D eigenvalue weighted by Crippen LogP contribution is -2.33. The molecule has 0 radical (unpaired) electrons. The maximum Gasteiger partial charge on any atom is 0.251 e. The molecule has 2 heterocycles. The molecule has 0 spiro atoms. The monoisotopic (exact) mass is 462 g/mol. The Kier molecular flexibility index (Phi) is 6.99. The highest BCUT2D eigenvalue weighted by Crippen LogP contribution is 2.39. The molecule has 3 rings (SSSR count). The fourth-order valence-electron chi connectivity index (χ4n) is 3.78. The second kappa shape index (κ2) is 9.34. The number of pyridine rings is 1. The van der Waals surface area contributed by atoms with Crippen LogP contribution in [0, 0.1) is 17.2 Å². The Morgan fingerprint density at radius 3 is 2.71 bits per heavy atom. The first kappa shape index (κ1) is 23.2. The highest BCUT2D eigenvalue weighted by molar-refractivity contribution is 7.89. The van der Waals surface area contributed by atoms with E-state index in [-0.39, 0.29) is 11.4 Å². The van der Waals surface area contributed by atoms with Gasteiger partial charge in [-0.05, 0) is 36.8 Å². The summed E-state index contributed by atoms with van der Waals surface area (Å²) in [5.74, 6) is 0.0537. The van der Waals surface area contributed by atoms with E-state index < -0.39 is 21.5 Å². The molecule has 10 heteroatoms. The fraction of sp³-hybridized carbons (Fsp3) is 0.476. The molecule has 1 amide bonds. The number of thiophene rings is 1. The van der Waals surface area contributed by atoms with Crippen LogP contribution in [-0.4, -0.2) is 36.3 Å². The van der Waals surface area contributed by atoms with Gasteiger partial charge in [-0.2, -0.15) is 9.57 Å². The summed E-state index contributed by atoms with van der Waals surface area (Å²) in [4.78, 5) is 26.0. The van der Waals surface area contributed by atoms with Gasteiger partial charge < -0.3 is 9.88 Å². The van der Waals surface area contributed by atoms with Crippen molar-refractivity contribution in [2.75, 3.05) is 18.4 Å². The summed E-state index contributed by atoms with van der Waals surface area (Å²) < 4.78 is 27.8. The summed E-state index contributed by atoms with van der Waals surface area (Å²) in [5.41, 5.74) is 1.02. The van der Waals surface area contributed by atoms with Gasteiger partial charge in [0, 0.05) is 30.2 Å². The summed E-state index contributed by atoms with van der Waals surface area (Å²) >= 11 is 1.41. The first-order valence-electron chi connectivity index (χ1n) is 10.3. The first-order valence-corrected chi connectivity index (χ1v) is 12.5. The van der Waals surface area contributed by atoms with E-state index >= 15 is 0 Å². The van der Waals surface area contributed by atoms with Gasteiger partial charge in [0.2, 0.25) is 15.9 Å². The number of anilines is 1. The van der Waals surface area contributed by atoms with Gasteiger partial charge in [-0.15, -0.1) is 11.3 Å². The standard InChI is InChI=1S/C21H26N4O4S2/c1-4-25(5-2)31(28,29)15-7-9-20(27)24(12-15)13-19(26)23-21-17(11-22)16-8-6-14(3)10-18(16)30-21/h7,9,12,14H,4-6,8,10,13H2,1-3H3,(H,23,26)/t14-/m0/s1.